The topological polar surface area (TPSA) is 29.3 Å². The van der Waals surface area contributed by atoms with Crippen LogP contribution in [0.3, 0.4) is 0 Å². The van der Waals surface area contributed by atoms with E-state index in [1.165, 1.54) is 36.1 Å². The second-order valence-corrected chi connectivity index (χ2v) is 5.94. The Morgan fingerprint density at radius 2 is 2.18 bits per heavy atom. The molecule has 1 unspecified atom stereocenters. The van der Waals surface area contributed by atoms with Gasteiger partial charge in [0.15, 0.2) is 0 Å². The van der Waals surface area contributed by atoms with Crippen LogP contribution < -0.4 is 5.73 Å². The van der Waals surface area contributed by atoms with Gasteiger partial charge in [0.2, 0.25) is 0 Å². The average molecular weight is 252 g/mol. The summed E-state index contributed by atoms with van der Waals surface area (Å²) in [5.41, 5.74) is 7.45. The van der Waals surface area contributed by atoms with Crippen molar-refractivity contribution in [3.8, 4) is 0 Å². The highest BCUT2D eigenvalue weighted by Crippen LogP contribution is 2.33. The smallest absolute Gasteiger partial charge is 0.0569 e. The van der Waals surface area contributed by atoms with Crippen molar-refractivity contribution in [2.45, 2.75) is 51.6 Å². The van der Waals surface area contributed by atoms with E-state index in [0.29, 0.717) is 6.04 Å². The van der Waals surface area contributed by atoms with Crippen LogP contribution in [0.4, 0.5) is 0 Å². The Morgan fingerprint density at radius 3 is 2.65 bits per heavy atom. The molecule has 1 heterocycles. The highest BCUT2D eigenvalue weighted by atomic mass is 32.1. The van der Waals surface area contributed by atoms with Crippen molar-refractivity contribution in [2.24, 2.45) is 5.73 Å². The van der Waals surface area contributed by atoms with Gasteiger partial charge in [-0.1, -0.05) is 19.8 Å². The van der Waals surface area contributed by atoms with Gasteiger partial charge in [0.25, 0.3) is 0 Å². The minimum atomic E-state index is 0.433. The fourth-order valence-electron chi connectivity index (χ4n) is 3.09. The van der Waals surface area contributed by atoms with Crippen LogP contribution in [0.5, 0.6) is 0 Å². The van der Waals surface area contributed by atoms with Crippen molar-refractivity contribution in [3.05, 3.63) is 21.9 Å². The summed E-state index contributed by atoms with van der Waals surface area (Å²) in [6, 6.07) is 3.41. The first-order valence-corrected chi connectivity index (χ1v) is 7.65. The predicted octanol–water partition coefficient (Wildman–Crippen LogP) is 3.32. The van der Waals surface area contributed by atoms with Crippen molar-refractivity contribution in [2.75, 3.05) is 13.1 Å². The molecule has 0 spiro atoms. The molecule has 1 aromatic heterocycles. The maximum absolute atomic E-state index is 6.04. The van der Waals surface area contributed by atoms with Crippen LogP contribution >= 0.6 is 11.3 Å². The van der Waals surface area contributed by atoms with E-state index in [1.807, 2.05) is 11.3 Å². The lowest BCUT2D eigenvalue weighted by Gasteiger charge is -2.35. The zero-order chi connectivity index (χ0) is 12.3. The Hall–Kier alpha value is -0.380. The van der Waals surface area contributed by atoms with Crippen LogP contribution in [0.1, 0.15) is 49.1 Å². The predicted molar refractivity (Wildman–Crippen MR) is 75.5 cm³/mol. The van der Waals surface area contributed by atoms with Gasteiger partial charge in [-0.3, -0.25) is 4.90 Å². The van der Waals surface area contributed by atoms with E-state index >= 15 is 0 Å². The van der Waals surface area contributed by atoms with E-state index in [9.17, 15) is 0 Å². The molecule has 1 aliphatic rings. The van der Waals surface area contributed by atoms with Gasteiger partial charge in [-0.15, -0.1) is 11.3 Å². The quantitative estimate of drug-likeness (QED) is 0.871. The van der Waals surface area contributed by atoms with Gasteiger partial charge in [-0.05, 0) is 43.3 Å². The Balaban J connectivity index is 2.18. The van der Waals surface area contributed by atoms with E-state index in [0.717, 1.165) is 19.1 Å². The molecular formula is C14H24N2S. The van der Waals surface area contributed by atoms with Gasteiger partial charge < -0.3 is 5.73 Å². The molecule has 2 N–H and O–H groups in total. The van der Waals surface area contributed by atoms with Crippen LogP contribution in [0, 0.1) is 6.92 Å². The summed E-state index contributed by atoms with van der Waals surface area (Å²) in [6.45, 7) is 6.33. The minimum Gasteiger partial charge on any atom is -0.329 e. The third kappa shape index (κ3) is 2.72. The summed E-state index contributed by atoms with van der Waals surface area (Å²) in [5, 5.41) is 2.19. The van der Waals surface area contributed by atoms with Gasteiger partial charge in [-0.25, -0.2) is 0 Å². The first-order valence-electron chi connectivity index (χ1n) is 6.77. The van der Waals surface area contributed by atoms with Crippen molar-refractivity contribution in [1.82, 2.24) is 4.90 Å². The number of nitrogens with zero attached hydrogens (tertiary/aromatic N) is 1. The van der Waals surface area contributed by atoms with Gasteiger partial charge in [-0.2, -0.15) is 0 Å². The Bertz CT molecular complexity index is 342. The van der Waals surface area contributed by atoms with Gasteiger partial charge in [0.05, 0.1) is 6.04 Å². The van der Waals surface area contributed by atoms with Gasteiger partial charge >= 0.3 is 0 Å². The normalized spacial score (nSPS) is 19.1. The van der Waals surface area contributed by atoms with E-state index in [-0.39, 0.29) is 0 Å². The average Bonchev–Trinajstić information content (AvgIpc) is 2.97. The number of aryl methyl sites for hydroxylation is 1. The molecule has 2 rings (SSSR count). The third-order valence-electron chi connectivity index (χ3n) is 3.99. The molecule has 1 aliphatic carbocycles. The van der Waals surface area contributed by atoms with Crippen molar-refractivity contribution in [3.63, 3.8) is 0 Å². The Kier molecular flexibility index (Phi) is 4.60. The number of hydrogen-bond acceptors (Lipinski definition) is 3. The molecule has 2 nitrogen and oxygen atoms in total. The molecule has 96 valence electrons. The van der Waals surface area contributed by atoms with Crippen LogP contribution in [0.25, 0.3) is 0 Å². The van der Waals surface area contributed by atoms with Crippen molar-refractivity contribution >= 4 is 11.3 Å². The van der Waals surface area contributed by atoms with Crippen LogP contribution in [0.15, 0.2) is 11.4 Å². The lowest BCUT2D eigenvalue weighted by molar-refractivity contribution is 0.149. The first kappa shape index (κ1) is 13.1. The summed E-state index contributed by atoms with van der Waals surface area (Å²) in [6.07, 6.45) is 5.49. The zero-order valence-electron chi connectivity index (χ0n) is 11.0. The van der Waals surface area contributed by atoms with Crippen molar-refractivity contribution < 1.29 is 0 Å². The van der Waals surface area contributed by atoms with Crippen LogP contribution in [-0.2, 0) is 0 Å². The molecule has 0 bridgehead atoms. The summed E-state index contributed by atoms with van der Waals surface area (Å²) < 4.78 is 0. The fourth-order valence-corrected chi connectivity index (χ4v) is 4.15. The molecule has 1 atom stereocenters. The molecule has 3 heteroatoms. The van der Waals surface area contributed by atoms with Crippen molar-refractivity contribution in [1.29, 1.82) is 0 Å². The molecular weight excluding hydrogens is 228 g/mol. The lowest BCUT2D eigenvalue weighted by atomic mass is 10.1. The van der Waals surface area contributed by atoms with E-state index < -0.39 is 0 Å². The molecule has 1 saturated carbocycles. The molecule has 0 radical (unpaired) electrons. The van der Waals surface area contributed by atoms with E-state index in [1.54, 1.807) is 0 Å². The third-order valence-corrected chi connectivity index (χ3v) is 5.11. The number of hydrogen-bond donors (Lipinski definition) is 1. The largest absolute Gasteiger partial charge is 0.329 e. The summed E-state index contributed by atoms with van der Waals surface area (Å²) in [4.78, 5) is 4.10. The standard InChI is InChI=1S/C14H24N2S/c1-3-16(12-6-4-5-7-12)13(10-15)14-11(2)8-9-17-14/h8-9,12-13H,3-7,10,15H2,1-2H3. The Morgan fingerprint density at radius 1 is 1.47 bits per heavy atom. The second-order valence-electron chi connectivity index (χ2n) is 4.99. The summed E-state index contributed by atoms with van der Waals surface area (Å²) in [7, 11) is 0. The molecule has 0 aliphatic heterocycles. The molecule has 17 heavy (non-hydrogen) atoms. The summed E-state index contributed by atoms with van der Waals surface area (Å²) >= 11 is 1.86. The number of nitrogens with two attached hydrogens (primary N) is 1. The van der Waals surface area contributed by atoms with Gasteiger partial charge in [0, 0.05) is 17.5 Å². The molecule has 1 aromatic rings. The number of rotatable bonds is 5. The SMILES string of the molecule is CCN(C1CCCC1)C(CN)c1sccc1C. The van der Waals surface area contributed by atoms with E-state index in [2.05, 4.69) is 30.2 Å². The Labute approximate surface area is 109 Å². The lowest BCUT2D eigenvalue weighted by Crippen LogP contribution is -2.40. The number of thiophene rings is 1. The van der Waals surface area contributed by atoms with Crippen LogP contribution in [0.2, 0.25) is 0 Å². The monoisotopic (exact) mass is 252 g/mol. The van der Waals surface area contributed by atoms with Gasteiger partial charge in [0.1, 0.15) is 0 Å². The first-order chi connectivity index (χ1) is 8.27. The maximum Gasteiger partial charge on any atom is 0.0569 e. The zero-order valence-corrected chi connectivity index (χ0v) is 11.8. The minimum absolute atomic E-state index is 0.433. The summed E-state index contributed by atoms with van der Waals surface area (Å²) in [5.74, 6) is 0. The highest BCUT2D eigenvalue weighted by Gasteiger charge is 2.28. The second kappa shape index (κ2) is 5.98. The fraction of sp³-hybridized carbons (Fsp3) is 0.714. The molecule has 0 amide bonds. The number of likely N-dealkylation sites (N-methyl/N-ethyl adjacent to an activating group) is 1. The highest BCUT2D eigenvalue weighted by molar-refractivity contribution is 7.10. The maximum atomic E-state index is 6.04. The molecule has 0 saturated heterocycles. The molecule has 0 aromatic carbocycles. The van der Waals surface area contributed by atoms with E-state index in [4.69, 9.17) is 5.73 Å². The van der Waals surface area contributed by atoms with Crippen LogP contribution in [-0.4, -0.2) is 24.0 Å². The molecule has 1 fully saturated rings.